The Morgan fingerprint density at radius 1 is 0.500 bits per heavy atom. The highest BCUT2D eigenvalue weighted by Crippen LogP contribution is 2.21. The summed E-state index contributed by atoms with van der Waals surface area (Å²) in [4.78, 5) is 26.5. The van der Waals surface area contributed by atoms with Crippen molar-refractivity contribution < 1.29 is 19.1 Å². The zero-order valence-electron chi connectivity index (χ0n) is 25.2. The van der Waals surface area contributed by atoms with Crippen LogP contribution in [-0.4, -0.2) is 24.1 Å². The maximum absolute atomic E-state index is 13.2. The molecule has 0 aromatic heterocycles. The van der Waals surface area contributed by atoms with Gasteiger partial charge in [0.15, 0.2) is 0 Å². The van der Waals surface area contributed by atoms with E-state index in [4.69, 9.17) is 9.47 Å². The third-order valence-electron chi connectivity index (χ3n) is 7.43. The van der Waals surface area contributed by atoms with Crippen molar-refractivity contribution in [2.45, 2.75) is 168 Å². The van der Waals surface area contributed by atoms with Crippen molar-refractivity contribution in [2.24, 2.45) is 0 Å². The Bertz CT molecular complexity index is 668. The van der Waals surface area contributed by atoms with Crippen LogP contribution in [0.15, 0.2) is 24.3 Å². The van der Waals surface area contributed by atoms with Crippen molar-refractivity contribution in [3.8, 4) is 0 Å². The smallest absolute Gasteiger partial charge is 0.339 e. The fourth-order valence-electron chi connectivity index (χ4n) is 4.96. The molecule has 0 radical (unpaired) electrons. The van der Waals surface area contributed by atoms with Crippen LogP contribution in [0.2, 0.25) is 0 Å². The van der Waals surface area contributed by atoms with Gasteiger partial charge in [0.05, 0.1) is 11.1 Å². The molecule has 0 aliphatic carbocycles. The van der Waals surface area contributed by atoms with Crippen LogP contribution in [-0.2, 0) is 9.47 Å². The molecule has 1 aromatic rings. The lowest BCUT2D eigenvalue weighted by atomic mass is 10.0. The number of rotatable bonds is 24. The lowest BCUT2D eigenvalue weighted by Gasteiger charge is -2.20. The molecule has 0 fully saturated rings. The van der Waals surface area contributed by atoms with Gasteiger partial charge in [0.1, 0.15) is 12.2 Å². The first-order chi connectivity index (χ1) is 18.6. The maximum atomic E-state index is 13.2. The van der Waals surface area contributed by atoms with Crippen LogP contribution in [0.1, 0.15) is 177 Å². The molecule has 2 unspecified atom stereocenters. The number of esters is 2. The first kappa shape index (κ1) is 34.2. The molecule has 4 nitrogen and oxygen atoms in total. The average molecular weight is 531 g/mol. The second kappa shape index (κ2) is 23.1. The monoisotopic (exact) mass is 530 g/mol. The van der Waals surface area contributed by atoms with Crippen molar-refractivity contribution >= 4 is 11.9 Å². The summed E-state index contributed by atoms with van der Waals surface area (Å²) in [6, 6.07) is 7.00. The van der Waals surface area contributed by atoms with Crippen LogP contribution < -0.4 is 0 Å². The summed E-state index contributed by atoms with van der Waals surface area (Å²) in [7, 11) is 0. The highest BCUT2D eigenvalue weighted by Gasteiger charge is 2.24. The molecule has 1 rings (SSSR count). The number of benzene rings is 1. The lowest BCUT2D eigenvalue weighted by molar-refractivity contribution is 0.0202. The number of carbonyl (C=O) groups excluding carboxylic acids is 2. The Labute approximate surface area is 234 Å². The van der Waals surface area contributed by atoms with Gasteiger partial charge in [-0.05, 0) is 50.7 Å². The standard InChI is InChI=1S/C34H58O4/c1-5-9-13-15-17-19-25-29(23-11-7-3)37-33(35)31-27-21-22-28-32(31)34(36)38-30(24-12-8-4)26-20-18-16-14-10-6-2/h21-22,27-30H,5-20,23-26H2,1-4H3. The van der Waals surface area contributed by atoms with Gasteiger partial charge in [0.25, 0.3) is 0 Å². The van der Waals surface area contributed by atoms with Crippen LogP contribution in [0.4, 0.5) is 0 Å². The summed E-state index contributed by atoms with van der Waals surface area (Å²) in [5, 5.41) is 0. The summed E-state index contributed by atoms with van der Waals surface area (Å²) < 4.78 is 12.0. The van der Waals surface area contributed by atoms with Crippen molar-refractivity contribution in [1.82, 2.24) is 0 Å². The summed E-state index contributed by atoms with van der Waals surface area (Å²) >= 11 is 0. The average Bonchev–Trinajstić information content (AvgIpc) is 2.93. The molecule has 0 heterocycles. The molecule has 0 spiro atoms. The Morgan fingerprint density at radius 3 is 1.18 bits per heavy atom. The molecule has 0 amide bonds. The van der Waals surface area contributed by atoms with Gasteiger partial charge in [-0.1, -0.05) is 130 Å². The Kier molecular flexibility index (Phi) is 20.8. The van der Waals surface area contributed by atoms with Gasteiger partial charge in [-0.3, -0.25) is 0 Å². The minimum absolute atomic E-state index is 0.0947. The number of carbonyl (C=O) groups is 2. The van der Waals surface area contributed by atoms with E-state index in [9.17, 15) is 9.59 Å². The Hall–Kier alpha value is -1.84. The van der Waals surface area contributed by atoms with Crippen LogP contribution in [0.5, 0.6) is 0 Å². The topological polar surface area (TPSA) is 52.6 Å². The molecule has 2 atom stereocenters. The second-order valence-electron chi connectivity index (χ2n) is 11.0. The van der Waals surface area contributed by atoms with Gasteiger partial charge in [-0.15, -0.1) is 0 Å². The van der Waals surface area contributed by atoms with Gasteiger partial charge >= 0.3 is 11.9 Å². The van der Waals surface area contributed by atoms with Gasteiger partial charge in [0.2, 0.25) is 0 Å². The second-order valence-corrected chi connectivity index (χ2v) is 11.0. The van der Waals surface area contributed by atoms with E-state index >= 15 is 0 Å². The van der Waals surface area contributed by atoms with Gasteiger partial charge in [0, 0.05) is 0 Å². The molecule has 38 heavy (non-hydrogen) atoms. The fourth-order valence-corrected chi connectivity index (χ4v) is 4.96. The van der Waals surface area contributed by atoms with Crippen LogP contribution in [0.3, 0.4) is 0 Å². The molecule has 0 saturated heterocycles. The summed E-state index contributed by atoms with van der Waals surface area (Å²) in [6.07, 6.45) is 22.2. The Morgan fingerprint density at radius 2 is 0.816 bits per heavy atom. The minimum atomic E-state index is -0.398. The molecule has 0 aliphatic rings. The Balaban J connectivity index is 2.76. The van der Waals surface area contributed by atoms with E-state index < -0.39 is 11.9 Å². The molecule has 0 N–H and O–H groups in total. The van der Waals surface area contributed by atoms with Crippen LogP contribution in [0, 0.1) is 0 Å². The molecular weight excluding hydrogens is 472 g/mol. The van der Waals surface area contributed by atoms with Gasteiger partial charge < -0.3 is 9.47 Å². The van der Waals surface area contributed by atoms with Crippen molar-refractivity contribution in [3.05, 3.63) is 35.4 Å². The highest BCUT2D eigenvalue weighted by molar-refractivity contribution is 6.03. The normalized spacial score (nSPS) is 12.7. The summed E-state index contributed by atoms with van der Waals surface area (Å²) in [5.74, 6) is -0.795. The van der Waals surface area contributed by atoms with E-state index in [1.165, 1.54) is 64.2 Å². The third kappa shape index (κ3) is 15.5. The minimum Gasteiger partial charge on any atom is -0.459 e. The third-order valence-corrected chi connectivity index (χ3v) is 7.43. The predicted octanol–water partition coefficient (Wildman–Crippen LogP) is 10.6. The molecular formula is C34H58O4. The SMILES string of the molecule is CCCCCCCCC(CCCC)OC(=O)c1ccccc1C(=O)OC(CCCC)CCCCCCCC. The largest absolute Gasteiger partial charge is 0.459 e. The van der Waals surface area contributed by atoms with E-state index in [-0.39, 0.29) is 12.2 Å². The molecule has 218 valence electrons. The van der Waals surface area contributed by atoms with E-state index in [0.29, 0.717) is 11.1 Å². The van der Waals surface area contributed by atoms with E-state index in [1.54, 1.807) is 24.3 Å². The van der Waals surface area contributed by atoms with Gasteiger partial charge in [-0.25, -0.2) is 9.59 Å². The molecule has 1 aromatic carbocycles. The molecule has 0 bridgehead atoms. The first-order valence-corrected chi connectivity index (χ1v) is 16.1. The zero-order chi connectivity index (χ0) is 27.8. The van der Waals surface area contributed by atoms with Crippen LogP contribution in [0.25, 0.3) is 0 Å². The molecule has 4 heteroatoms. The summed E-state index contributed by atoms with van der Waals surface area (Å²) in [5.41, 5.74) is 0.659. The van der Waals surface area contributed by atoms with E-state index in [1.807, 2.05) is 0 Å². The molecule has 0 aliphatic heterocycles. The quantitative estimate of drug-likeness (QED) is 0.0985. The highest BCUT2D eigenvalue weighted by atomic mass is 16.5. The fraction of sp³-hybridized carbons (Fsp3) is 0.765. The van der Waals surface area contributed by atoms with Crippen molar-refractivity contribution in [2.75, 3.05) is 0 Å². The van der Waals surface area contributed by atoms with Crippen molar-refractivity contribution in [1.29, 1.82) is 0 Å². The van der Waals surface area contributed by atoms with Gasteiger partial charge in [-0.2, -0.15) is 0 Å². The lowest BCUT2D eigenvalue weighted by Crippen LogP contribution is -2.23. The number of hydrogen-bond donors (Lipinski definition) is 0. The molecule has 0 saturated carbocycles. The number of unbranched alkanes of at least 4 members (excludes halogenated alkanes) is 12. The first-order valence-electron chi connectivity index (χ1n) is 16.1. The maximum Gasteiger partial charge on any atom is 0.339 e. The number of hydrogen-bond acceptors (Lipinski definition) is 4. The van der Waals surface area contributed by atoms with E-state index in [2.05, 4.69) is 27.7 Å². The predicted molar refractivity (Wildman–Crippen MR) is 160 cm³/mol. The van der Waals surface area contributed by atoms with Crippen LogP contribution >= 0.6 is 0 Å². The summed E-state index contributed by atoms with van der Waals surface area (Å²) in [6.45, 7) is 8.79. The van der Waals surface area contributed by atoms with E-state index in [0.717, 1.165) is 64.2 Å². The zero-order valence-corrected chi connectivity index (χ0v) is 25.2. The number of ether oxygens (including phenoxy) is 2. The van der Waals surface area contributed by atoms with Crippen molar-refractivity contribution in [3.63, 3.8) is 0 Å².